The van der Waals surface area contributed by atoms with Crippen molar-refractivity contribution in [3.05, 3.63) is 11.6 Å². The number of ketones is 2. The summed E-state index contributed by atoms with van der Waals surface area (Å²) in [5.74, 6) is 0.583. The fourth-order valence-electron chi connectivity index (χ4n) is 7.62. The van der Waals surface area contributed by atoms with Gasteiger partial charge in [0, 0.05) is 11.8 Å². The first-order chi connectivity index (χ1) is 14.9. The minimum atomic E-state index is -1.45. The van der Waals surface area contributed by atoms with E-state index in [0.717, 1.165) is 25.7 Å². The van der Waals surface area contributed by atoms with E-state index >= 15 is 0 Å². The lowest BCUT2D eigenvalue weighted by molar-refractivity contribution is -0.178. The number of fused-ring (bicyclic) bond motifs is 5. The predicted molar refractivity (Wildman–Crippen MR) is 129 cm³/mol. The SMILES string of the molecule is CC(C)OC(=S)SCC(=O)[C@@]1(O)CC[C@@H]2[C@H]3CCC4=CC(=O)CC[C@]4(C)[C@@H]3[C@@H](O)C[C@@]21C. The second-order valence-electron chi connectivity index (χ2n) is 11.1. The third-order valence-corrected chi connectivity index (χ3v) is 10.4. The molecule has 0 radical (unpaired) electrons. The van der Waals surface area contributed by atoms with E-state index < -0.39 is 17.1 Å². The molecule has 178 valence electrons. The lowest BCUT2D eigenvalue weighted by Crippen LogP contribution is -2.62. The second-order valence-corrected chi connectivity index (χ2v) is 12.7. The molecule has 4 aliphatic carbocycles. The number of Topliss-reactive ketones (excluding diaryl/α,β-unsaturated/α-hetero) is 1. The van der Waals surface area contributed by atoms with Gasteiger partial charge in [-0.15, -0.1) is 0 Å². The molecule has 7 heteroatoms. The van der Waals surface area contributed by atoms with E-state index in [9.17, 15) is 19.8 Å². The van der Waals surface area contributed by atoms with Crippen molar-refractivity contribution in [3.8, 4) is 0 Å². The van der Waals surface area contributed by atoms with Gasteiger partial charge in [-0.1, -0.05) is 31.2 Å². The van der Waals surface area contributed by atoms with Crippen LogP contribution in [0.5, 0.6) is 0 Å². The van der Waals surface area contributed by atoms with Crippen molar-refractivity contribution in [2.24, 2.45) is 28.6 Å². The zero-order valence-corrected chi connectivity index (χ0v) is 21.2. The molecule has 0 aromatic carbocycles. The smallest absolute Gasteiger partial charge is 0.220 e. The topological polar surface area (TPSA) is 83.8 Å². The number of rotatable bonds is 4. The molecular formula is C25H36O5S2. The molecule has 5 nitrogen and oxygen atoms in total. The molecule has 0 bridgehead atoms. The maximum absolute atomic E-state index is 13.3. The Hall–Kier alpha value is -0.760. The summed E-state index contributed by atoms with van der Waals surface area (Å²) in [6.45, 7) is 8.00. The van der Waals surface area contributed by atoms with Gasteiger partial charge >= 0.3 is 0 Å². The number of ether oxygens (including phenoxy) is 1. The van der Waals surface area contributed by atoms with Crippen molar-refractivity contribution in [2.75, 3.05) is 5.75 Å². The van der Waals surface area contributed by atoms with Crippen LogP contribution in [-0.2, 0) is 14.3 Å². The quantitative estimate of drug-likeness (QED) is 0.583. The van der Waals surface area contributed by atoms with Crippen molar-refractivity contribution in [3.63, 3.8) is 0 Å². The molecule has 0 heterocycles. The standard InChI is InChI=1S/C25H36O5S2/c1-14(2)30-22(31)32-13-20(28)25(29)10-8-18-17-6-5-15-11-16(26)7-9-23(15,3)21(17)19(27)12-24(18,25)4/h11,14,17-19,21,27,29H,5-10,12-13H2,1-4H3/t17-,18-,19+,21+,23+,24+,25+/m1/s1. The molecule has 0 unspecified atom stereocenters. The maximum atomic E-state index is 13.3. The van der Waals surface area contributed by atoms with Gasteiger partial charge < -0.3 is 14.9 Å². The van der Waals surface area contributed by atoms with Crippen molar-refractivity contribution in [1.82, 2.24) is 0 Å². The van der Waals surface area contributed by atoms with Gasteiger partial charge in [0.2, 0.25) is 4.38 Å². The molecule has 0 aliphatic heterocycles. The van der Waals surface area contributed by atoms with Gasteiger partial charge in [0.1, 0.15) is 5.60 Å². The second kappa shape index (κ2) is 8.47. The van der Waals surface area contributed by atoms with Crippen molar-refractivity contribution >= 4 is 39.9 Å². The Morgan fingerprint density at radius 3 is 2.69 bits per heavy atom. The summed E-state index contributed by atoms with van der Waals surface area (Å²) < 4.78 is 5.80. The first kappa shape index (κ1) is 24.4. The molecule has 2 N–H and O–H groups in total. The average molecular weight is 481 g/mol. The third-order valence-electron chi connectivity index (χ3n) is 9.16. The molecule has 0 amide bonds. The molecule has 3 fully saturated rings. The van der Waals surface area contributed by atoms with E-state index in [-0.39, 0.29) is 46.6 Å². The Balaban J connectivity index is 1.56. The van der Waals surface area contributed by atoms with Gasteiger partial charge in [-0.3, -0.25) is 9.59 Å². The summed E-state index contributed by atoms with van der Waals surface area (Å²) in [4.78, 5) is 25.3. The van der Waals surface area contributed by atoms with Crippen molar-refractivity contribution in [2.45, 2.75) is 90.4 Å². The Morgan fingerprint density at radius 1 is 1.28 bits per heavy atom. The Labute approximate surface area is 200 Å². The molecule has 4 rings (SSSR count). The average Bonchev–Trinajstić information content (AvgIpc) is 2.97. The van der Waals surface area contributed by atoms with Crippen LogP contribution < -0.4 is 0 Å². The van der Waals surface area contributed by atoms with Gasteiger partial charge in [-0.05, 0) is 93.8 Å². The number of allylic oxidation sites excluding steroid dienone is 1. The highest BCUT2D eigenvalue weighted by atomic mass is 32.2. The highest BCUT2D eigenvalue weighted by molar-refractivity contribution is 8.23. The molecule has 32 heavy (non-hydrogen) atoms. The lowest BCUT2D eigenvalue weighted by atomic mass is 9.45. The number of thiocarbonyl (C=S) groups is 1. The van der Waals surface area contributed by atoms with E-state index in [1.165, 1.54) is 17.3 Å². The number of thioether (sulfide) groups is 1. The third kappa shape index (κ3) is 3.71. The molecular weight excluding hydrogens is 444 g/mol. The van der Waals surface area contributed by atoms with E-state index in [1.54, 1.807) is 0 Å². The number of hydrogen-bond acceptors (Lipinski definition) is 7. The van der Waals surface area contributed by atoms with Crippen LogP contribution in [0.15, 0.2) is 11.6 Å². The highest BCUT2D eigenvalue weighted by Crippen LogP contribution is 2.67. The fraction of sp³-hybridized carbons (Fsp3) is 0.800. The molecule has 0 saturated heterocycles. The number of carbonyl (C=O) groups is 2. The van der Waals surface area contributed by atoms with E-state index in [2.05, 4.69) is 6.92 Å². The summed E-state index contributed by atoms with van der Waals surface area (Å²) in [7, 11) is 0. The predicted octanol–water partition coefficient (Wildman–Crippen LogP) is 4.23. The van der Waals surface area contributed by atoms with Crippen LogP contribution in [0.4, 0.5) is 0 Å². The molecule has 3 saturated carbocycles. The van der Waals surface area contributed by atoms with Crippen molar-refractivity contribution < 1.29 is 24.5 Å². The van der Waals surface area contributed by atoms with Crippen LogP contribution in [0.1, 0.15) is 72.6 Å². The normalized spacial score (nSPS) is 43.2. The molecule has 0 aromatic rings. The van der Waals surface area contributed by atoms with Crippen LogP contribution in [-0.4, -0.2) is 49.7 Å². The van der Waals surface area contributed by atoms with Crippen LogP contribution in [0, 0.1) is 28.6 Å². The van der Waals surface area contributed by atoms with Gasteiger partial charge in [-0.25, -0.2) is 0 Å². The molecule has 7 atom stereocenters. The Bertz CT molecular complexity index is 853. The number of carbonyl (C=O) groups excluding carboxylic acids is 2. The highest BCUT2D eigenvalue weighted by Gasteiger charge is 2.68. The number of aliphatic hydroxyl groups excluding tert-OH is 1. The fourth-order valence-corrected chi connectivity index (χ4v) is 8.74. The summed E-state index contributed by atoms with van der Waals surface area (Å²) in [5.41, 5.74) is -1.09. The summed E-state index contributed by atoms with van der Waals surface area (Å²) in [6, 6.07) is 0. The van der Waals surface area contributed by atoms with E-state index in [4.69, 9.17) is 17.0 Å². The van der Waals surface area contributed by atoms with Gasteiger partial charge in [0.25, 0.3) is 0 Å². The molecule has 0 aromatic heterocycles. The van der Waals surface area contributed by atoms with Crippen LogP contribution in [0.2, 0.25) is 0 Å². The van der Waals surface area contributed by atoms with Gasteiger partial charge in [0.05, 0.1) is 18.0 Å². The van der Waals surface area contributed by atoms with Crippen LogP contribution in [0.25, 0.3) is 0 Å². The van der Waals surface area contributed by atoms with Gasteiger partial charge in [-0.2, -0.15) is 0 Å². The Kier molecular flexibility index (Phi) is 6.45. The summed E-state index contributed by atoms with van der Waals surface area (Å²) in [5, 5.41) is 23.2. The minimum absolute atomic E-state index is 0.0475. The Morgan fingerprint density at radius 2 is 2.00 bits per heavy atom. The zero-order valence-electron chi connectivity index (χ0n) is 19.6. The lowest BCUT2D eigenvalue weighted by Gasteiger charge is -2.60. The largest absolute Gasteiger partial charge is 0.476 e. The van der Waals surface area contributed by atoms with Crippen molar-refractivity contribution in [1.29, 1.82) is 0 Å². The minimum Gasteiger partial charge on any atom is -0.476 e. The first-order valence-corrected chi connectivity index (χ1v) is 13.3. The maximum Gasteiger partial charge on any atom is 0.220 e. The van der Waals surface area contributed by atoms with Crippen LogP contribution >= 0.6 is 24.0 Å². The molecule has 0 spiro atoms. The molecule has 4 aliphatic rings. The summed E-state index contributed by atoms with van der Waals surface area (Å²) >= 11 is 6.38. The monoisotopic (exact) mass is 480 g/mol. The summed E-state index contributed by atoms with van der Waals surface area (Å²) in [6.07, 6.45) is 5.91. The van der Waals surface area contributed by atoms with E-state index in [1.807, 2.05) is 26.8 Å². The van der Waals surface area contributed by atoms with E-state index in [0.29, 0.717) is 23.6 Å². The zero-order chi connectivity index (χ0) is 23.5. The first-order valence-electron chi connectivity index (χ1n) is 11.9. The number of hydrogen-bond donors (Lipinski definition) is 2. The van der Waals surface area contributed by atoms with Crippen LogP contribution in [0.3, 0.4) is 0 Å². The number of aliphatic hydroxyl groups is 2. The van der Waals surface area contributed by atoms with Gasteiger partial charge in [0.15, 0.2) is 11.6 Å².